The molecule has 0 unspecified atom stereocenters. The normalized spacial score (nSPS) is 11.7. The van der Waals surface area contributed by atoms with Crippen LogP contribution in [0.5, 0.6) is 0 Å². The molecule has 0 aliphatic carbocycles. The first-order valence-electron chi connectivity index (χ1n) is 14.4. The first-order chi connectivity index (χ1) is 18.4. The second-order valence-corrected chi connectivity index (χ2v) is 9.80. The van der Waals surface area contributed by atoms with E-state index in [1.54, 1.807) is 7.11 Å². The summed E-state index contributed by atoms with van der Waals surface area (Å²) in [5, 5.41) is 23.2. The Hall–Kier alpha value is -2.20. The zero-order chi connectivity index (χ0) is 28.3. The molecule has 1 atom stereocenters. The second-order valence-electron chi connectivity index (χ2n) is 9.80. The number of hydrogen-bond donors (Lipinski definition) is 4. The lowest BCUT2D eigenvalue weighted by atomic mass is 10.0. The number of carboxylic acids is 2. The minimum atomic E-state index is -1.13. The number of nitrogens with one attached hydrogen (secondary N) is 2. The molecule has 4 N–H and O–H groups in total. The average Bonchev–Trinajstić information content (AvgIpc) is 2.87. The lowest BCUT2D eigenvalue weighted by Crippen LogP contribution is -2.41. The van der Waals surface area contributed by atoms with Gasteiger partial charge < -0.3 is 30.3 Å². The molecule has 10 nitrogen and oxygen atoms in total. The summed E-state index contributed by atoms with van der Waals surface area (Å²) in [6, 6.07) is -1.07. The van der Waals surface area contributed by atoms with Crippen molar-refractivity contribution in [1.29, 1.82) is 0 Å². The van der Waals surface area contributed by atoms with E-state index in [-0.39, 0.29) is 31.1 Å². The van der Waals surface area contributed by atoms with Crippen LogP contribution in [0.1, 0.15) is 116 Å². The van der Waals surface area contributed by atoms with Crippen LogP contribution < -0.4 is 10.6 Å². The standard InChI is InChI=1S/C28H52N2O8/c1-37-22-23-38-21-20-29-25(31)19-18-24(28(35)36)30-26(32)16-14-12-10-8-6-4-2-3-5-7-9-11-13-15-17-27(33)34/h24H,2-23H2,1H3,(H,29,31)(H,30,32)(H,33,34)(H,35,36)/t24-/m0/s1. The third kappa shape index (κ3) is 25.4. The maximum Gasteiger partial charge on any atom is 0.326 e. The summed E-state index contributed by atoms with van der Waals surface area (Å²) in [7, 11) is 1.58. The Morgan fingerprint density at radius 2 is 1.13 bits per heavy atom. The van der Waals surface area contributed by atoms with Crippen molar-refractivity contribution in [1.82, 2.24) is 10.6 Å². The topological polar surface area (TPSA) is 151 Å². The Morgan fingerprint density at radius 3 is 1.61 bits per heavy atom. The quantitative estimate of drug-likeness (QED) is 0.106. The van der Waals surface area contributed by atoms with E-state index in [0.29, 0.717) is 32.8 Å². The molecule has 0 aromatic rings. The largest absolute Gasteiger partial charge is 0.481 e. The Labute approximate surface area is 228 Å². The number of carbonyl (C=O) groups excluding carboxylic acids is 2. The van der Waals surface area contributed by atoms with E-state index >= 15 is 0 Å². The van der Waals surface area contributed by atoms with Gasteiger partial charge in [-0.05, 0) is 19.3 Å². The number of ether oxygens (including phenoxy) is 2. The maximum atomic E-state index is 12.1. The van der Waals surface area contributed by atoms with Gasteiger partial charge >= 0.3 is 11.9 Å². The molecule has 0 spiro atoms. The molecule has 0 heterocycles. The minimum Gasteiger partial charge on any atom is -0.481 e. The molecule has 0 rings (SSSR count). The van der Waals surface area contributed by atoms with Crippen molar-refractivity contribution < 1.29 is 38.9 Å². The number of carbonyl (C=O) groups is 4. The molecule has 0 aromatic heterocycles. The van der Waals surface area contributed by atoms with Crippen LogP contribution in [0, 0.1) is 0 Å². The average molecular weight is 545 g/mol. The van der Waals surface area contributed by atoms with Gasteiger partial charge in [-0.2, -0.15) is 0 Å². The van der Waals surface area contributed by atoms with Gasteiger partial charge in [0.25, 0.3) is 0 Å². The molecule has 0 radical (unpaired) electrons. The Morgan fingerprint density at radius 1 is 0.632 bits per heavy atom. The number of unbranched alkanes of at least 4 members (excludes halogenated alkanes) is 13. The van der Waals surface area contributed by atoms with Crippen molar-refractivity contribution >= 4 is 23.8 Å². The highest BCUT2D eigenvalue weighted by Gasteiger charge is 2.20. The van der Waals surface area contributed by atoms with E-state index in [4.69, 9.17) is 14.6 Å². The molecule has 0 bridgehead atoms. The highest BCUT2D eigenvalue weighted by Crippen LogP contribution is 2.14. The maximum absolute atomic E-state index is 12.1. The van der Waals surface area contributed by atoms with Crippen LogP contribution in [0.25, 0.3) is 0 Å². The van der Waals surface area contributed by atoms with E-state index in [0.717, 1.165) is 44.9 Å². The van der Waals surface area contributed by atoms with Gasteiger partial charge in [0.1, 0.15) is 6.04 Å². The lowest BCUT2D eigenvalue weighted by molar-refractivity contribution is -0.142. The van der Waals surface area contributed by atoms with Gasteiger partial charge in [0.2, 0.25) is 11.8 Å². The van der Waals surface area contributed by atoms with Crippen LogP contribution >= 0.6 is 0 Å². The van der Waals surface area contributed by atoms with Crippen LogP contribution in [0.15, 0.2) is 0 Å². The fourth-order valence-corrected chi connectivity index (χ4v) is 4.08. The third-order valence-corrected chi connectivity index (χ3v) is 6.34. The van der Waals surface area contributed by atoms with Gasteiger partial charge in [-0.1, -0.05) is 77.0 Å². The number of amides is 2. The smallest absolute Gasteiger partial charge is 0.326 e. The third-order valence-electron chi connectivity index (χ3n) is 6.34. The highest BCUT2D eigenvalue weighted by molar-refractivity contribution is 5.84. The Bertz CT molecular complexity index is 630. The van der Waals surface area contributed by atoms with Crippen molar-refractivity contribution in [3.63, 3.8) is 0 Å². The van der Waals surface area contributed by atoms with E-state index < -0.39 is 18.0 Å². The van der Waals surface area contributed by atoms with Crippen LogP contribution in [0.4, 0.5) is 0 Å². The summed E-state index contributed by atoms with van der Waals surface area (Å²) >= 11 is 0. The molecule has 2 amide bonds. The summed E-state index contributed by atoms with van der Waals surface area (Å²) < 4.78 is 10.1. The second kappa shape index (κ2) is 26.4. The van der Waals surface area contributed by atoms with Gasteiger partial charge in [-0.15, -0.1) is 0 Å². The molecule has 0 aliphatic heterocycles. The lowest BCUT2D eigenvalue weighted by Gasteiger charge is -2.14. The van der Waals surface area contributed by atoms with Crippen molar-refractivity contribution in [2.45, 2.75) is 122 Å². The molecular weight excluding hydrogens is 492 g/mol. The molecular formula is C28H52N2O8. The Balaban J connectivity index is 3.63. The summed E-state index contributed by atoms with van der Waals surface area (Å²) in [5.41, 5.74) is 0. The van der Waals surface area contributed by atoms with Crippen LogP contribution in [0.2, 0.25) is 0 Å². The zero-order valence-corrected chi connectivity index (χ0v) is 23.5. The molecule has 0 aromatic carbocycles. The summed E-state index contributed by atoms with van der Waals surface area (Å²) in [4.78, 5) is 45.9. The van der Waals surface area contributed by atoms with E-state index in [9.17, 15) is 24.3 Å². The van der Waals surface area contributed by atoms with Gasteiger partial charge in [0.05, 0.1) is 19.8 Å². The van der Waals surface area contributed by atoms with E-state index in [1.807, 2.05) is 0 Å². The number of aliphatic carboxylic acids is 2. The molecule has 0 fully saturated rings. The van der Waals surface area contributed by atoms with Crippen LogP contribution in [-0.2, 0) is 28.7 Å². The van der Waals surface area contributed by atoms with Crippen LogP contribution in [-0.4, -0.2) is 73.5 Å². The monoisotopic (exact) mass is 544 g/mol. The van der Waals surface area contributed by atoms with Crippen molar-refractivity contribution in [2.24, 2.45) is 0 Å². The SMILES string of the molecule is COCCOCCNC(=O)CC[C@H](NC(=O)CCCCCCCCCCCCCCCCC(=O)O)C(=O)O. The summed E-state index contributed by atoms with van der Waals surface area (Å²) in [5.74, 6) is -2.39. The number of hydrogen-bond acceptors (Lipinski definition) is 6. The molecule has 222 valence electrons. The van der Waals surface area contributed by atoms with Crippen molar-refractivity contribution in [2.75, 3.05) is 33.5 Å². The van der Waals surface area contributed by atoms with E-state index in [1.165, 1.54) is 44.9 Å². The number of methoxy groups -OCH3 is 1. The fourth-order valence-electron chi connectivity index (χ4n) is 4.08. The first kappa shape index (κ1) is 35.8. The van der Waals surface area contributed by atoms with Crippen molar-refractivity contribution in [3.8, 4) is 0 Å². The van der Waals surface area contributed by atoms with Crippen LogP contribution in [0.3, 0.4) is 0 Å². The summed E-state index contributed by atoms with van der Waals surface area (Å²) in [6.07, 6.45) is 16.1. The molecule has 0 aliphatic rings. The fraction of sp³-hybridized carbons (Fsp3) is 0.857. The van der Waals surface area contributed by atoms with Gasteiger partial charge in [-0.25, -0.2) is 4.79 Å². The zero-order valence-electron chi connectivity index (χ0n) is 23.5. The molecule has 0 saturated heterocycles. The minimum absolute atomic E-state index is 0.0178. The van der Waals surface area contributed by atoms with Gasteiger partial charge in [0.15, 0.2) is 0 Å². The number of carboxylic acid groups (broad SMARTS) is 2. The predicted octanol–water partition coefficient (Wildman–Crippen LogP) is 4.44. The molecule has 0 saturated carbocycles. The molecule has 10 heteroatoms. The van der Waals surface area contributed by atoms with E-state index in [2.05, 4.69) is 10.6 Å². The Kier molecular flexibility index (Phi) is 24.9. The highest BCUT2D eigenvalue weighted by atomic mass is 16.5. The number of rotatable bonds is 28. The molecule has 38 heavy (non-hydrogen) atoms. The van der Waals surface area contributed by atoms with Gasteiger partial charge in [-0.3, -0.25) is 14.4 Å². The van der Waals surface area contributed by atoms with Gasteiger partial charge in [0, 0.05) is 32.9 Å². The first-order valence-corrected chi connectivity index (χ1v) is 14.4. The summed E-state index contributed by atoms with van der Waals surface area (Å²) in [6.45, 7) is 1.62. The predicted molar refractivity (Wildman–Crippen MR) is 146 cm³/mol. The van der Waals surface area contributed by atoms with Crippen molar-refractivity contribution in [3.05, 3.63) is 0 Å².